The molecule has 17 heavy (non-hydrogen) atoms. The van der Waals surface area contributed by atoms with Gasteiger partial charge in [0.2, 0.25) is 0 Å². The highest BCUT2D eigenvalue weighted by atomic mass is 32.2. The molecule has 0 aromatic carbocycles. The maximum atomic E-state index is 8.76. The quantitative estimate of drug-likeness (QED) is 0.598. The molecule has 1 N–H and O–H groups in total. The molecule has 1 aromatic rings. The Balaban J connectivity index is 1.66. The molecule has 1 aromatic heterocycles. The molecular weight excluding hydrogens is 234 g/mol. The highest BCUT2D eigenvalue weighted by molar-refractivity contribution is 7.99. The van der Waals surface area contributed by atoms with Crippen molar-refractivity contribution in [1.82, 2.24) is 14.8 Å². The zero-order valence-corrected chi connectivity index (χ0v) is 10.8. The average Bonchev–Trinajstić information content (AvgIpc) is 3.23. The van der Waals surface area contributed by atoms with Crippen LogP contribution >= 0.6 is 11.8 Å². The van der Waals surface area contributed by atoms with Gasteiger partial charge in [0.05, 0.1) is 0 Å². The Morgan fingerprint density at radius 2 is 2.00 bits per heavy atom. The van der Waals surface area contributed by atoms with Gasteiger partial charge < -0.3 is 9.67 Å². The van der Waals surface area contributed by atoms with E-state index in [0.29, 0.717) is 18.6 Å². The summed E-state index contributed by atoms with van der Waals surface area (Å²) in [6.45, 7) is 0.295. The van der Waals surface area contributed by atoms with E-state index in [0.717, 1.165) is 23.8 Å². The van der Waals surface area contributed by atoms with E-state index in [1.54, 1.807) is 11.8 Å². The molecule has 0 radical (unpaired) electrons. The molecule has 0 bridgehead atoms. The van der Waals surface area contributed by atoms with Crippen molar-refractivity contribution in [3.05, 3.63) is 5.82 Å². The summed E-state index contributed by atoms with van der Waals surface area (Å²) in [6.07, 6.45) is 7.11. The van der Waals surface area contributed by atoms with Crippen LogP contribution < -0.4 is 0 Å². The summed E-state index contributed by atoms with van der Waals surface area (Å²) in [5.41, 5.74) is 0. The first-order chi connectivity index (χ1) is 8.40. The van der Waals surface area contributed by atoms with E-state index in [1.165, 1.54) is 31.5 Å². The molecule has 0 spiro atoms. The number of nitrogens with zero attached hydrogens (tertiary/aromatic N) is 3. The van der Waals surface area contributed by atoms with Crippen molar-refractivity contribution in [3.8, 4) is 0 Å². The summed E-state index contributed by atoms with van der Waals surface area (Å²) in [6, 6.07) is 0.681. The first kappa shape index (κ1) is 11.5. The molecule has 4 nitrogen and oxygen atoms in total. The first-order valence-electron chi connectivity index (χ1n) is 6.58. The summed E-state index contributed by atoms with van der Waals surface area (Å²) in [5, 5.41) is 18.6. The lowest BCUT2D eigenvalue weighted by molar-refractivity contribution is 0.287. The van der Waals surface area contributed by atoms with Gasteiger partial charge in [-0.3, -0.25) is 0 Å². The van der Waals surface area contributed by atoms with Crippen molar-refractivity contribution in [1.29, 1.82) is 0 Å². The van der Waals surface area contributed by atoms with Gasteiger partial charge in [-0.1, -0.05) is 11.8 Å². The molecule has 1 heterocycles. The van der Waals surface area contributed by atoms with Crippen molar-refractivity contribution >= 4 is 11.8 Å². The van der Waals surface area contributed by atoms with E-state index in [9.17, 15) is 0 Å². The van der Waals surface area contributed by atoms with Gasteiger partial charge in [0.25, 0.3) is 0 Å². The summed E-state index contributed by atoms with van der Waals surface area (Å²) in [7, 11) is 0. The van der Waals surface area contributed by atoms with Crippen LogP contribution in [-0.4, -0.2) is 32.2 Å². The van der Waals surface area contributed by atoms with E-state index < -0.39 is 0 Å². The molecule has 2 aliphatic carbocycles. The van der Waals surface area contributed by atoms with Gasteiger partial charge in [-0.2, -0.15) is 0 Å². The van der Waals surface area contributed by atoms with Gasteiger partial charge in [-0.15, -0.1) is 10.2 Å². The molecule has 2 fully saturated rings. The minimum Gasteiger partial charge on any atom is -0.396 e. The lowest BCUT2D eigenvalue weighted by atomic mass is 10.4. The van der Waals surface area contributed by atoms with Crippen molar-refractivity contribution in [2.45, 2.75) is 55.6 Å². The zero-order valence-electron chi connectivity index (χ0n) is 10.0. The molecule has 94 valence electrons. The van der Waals surface area contributed by atoms with Crippen LogP contribution in [0.15, 0.2) is 5.16 Å². The second-order valence-corrected chi connectivity index (χ2v) is 6.06. The summed E-state index contributed by atoms with van der Waals surface area (Å²) < 4.78 is 2.39. The Hall–Kier alpha value is -0.550. The van der Waals surface area contributed by atoms with E-state index in [2.05, 4.69) is 14.8 Å². The van der Waals surface area contributed by atoms with Crippen LogP contribution in [0.5, 0.6) is 0 Å². The fraction of sp³-hybridized carbons (Fsp3) is 0.833. The average molecular weight is 253 g/mol. The summed E-state index contributed by atoms with van der Waals surface area (Å²) in [5.74, 6) is 2.96. The monoisotopic (exact) mass is 253 g/mol. The number of aromatic nitrogens is 3. The van der Waals surface area contributed by atoms with E-state index >= 15 is 0 Å². The van der Waals surface area contributed by atoms with Crippen LogP contribution in [0.25, 0.3) is 0 Å². The molecule has 0 unspecified atom stereocenters. The number of hydrogen-bond donors (Lipinski definition) is 1. The number of aliphatic hydroxyl groups is 1. The Labute approximate surface area is 106 Å². The molecule has 2 saturated carbocycles. The fourth-order valence-corrected chi connectivity index (χ4v) is 3.07. The first-order valence-corrected chi connectivity index (χ1v) is 7.57. The van der Waals surface area contributed by atoms with Gasteiger partial charge in [-0.05, 0) is 38.5 Å². The minimum absolute atomic E-state index is 0.295. The molecule has 5 heteroatoms. The third-order valence-electron chi connectivity index (χ3n) is 3.33. The number of hydrogen-bond acceptors (Lipinski definition) is 4. The molecule has 0 aliphatic heterocycles. The fourth-order valence-electron chi connectivity index (χ4n) is 2.06. The lowest BCUT2D eigenvalue weighted by Gasteiger charge is -2.07. The van der Waals surface area contributed by atoms with Gasteiger partial charge >= 0.3 is 0 Å². The molecule has 2 aliphatic rings. The Morgan fingerprint density at radius 3 is 2.65 bits per heavy atom. The molecule has 0 atom stereocenters. The Kier molecular flexibility index (Phi) is 3.38. The Morgan fingerprint density at radius 1 is 1.18 bits per heavy atom. The standard InChI is InChI=1S/C12H19N3OS/c16-7-1-2-8-17-12-14-13-11(9-3-4-9)15(12)10-5-6-10/h9-10,16H,1-8H2. The maximum Gasteiger partial charge on any atom is 0.191 e. The smallest absolute Gasteiger partial charge is 0.191 e. The van der Waals surface area contributed by atoms with Gasteiger partial charge in [0, 0.05) is 24.3 Å². The number of rotatable bonds is 7. The number of aliphatic hydroxyl groups excluding tert-OH is 1. The number of thioether (sulfide) groups is 1. The van der Waals surface area contributed by atoms with Crippen LogP contribution in [-0.2, 0) is 0 Å². The summed E-state index contributed by atoms with van der Waals surface area (Å²) >= 11 is 1.80. The predicted octanol–water partition coefficient (Wildman–Crippen LogP) is 2.36. The van der Waals surface area contributed by atoms with E-state index in [-0.39, 0.29) is 0 Å². The van der Waals surface area contributed by atoms with Crippen LogP contribution in [0, 0.1) is 0 Å². The second kappa shape index (κ2) is 4.98. The maximum absolute atomic E-state index is 8.76. The van der Waals surface area contributed by atoms with Crippen molar-refractivity contribution < 1.29 is 5.11 Å². The van der Waals surface area contributed by atoms with Gasteiger partial charge in [-0.25, -0.2) is 0 Å². The lowest BCUT2D eigenvalue weighted by Crippen LogP contribution is -2.02. The van der Waals surface area contributed by atoms with Crippen LogP contribution in [0.4, 0.5) is 0 Å². The van der Waals surface area contributed by atoms with Crippen molar-refractivity contribution in [2.24, 2.45) is 0 Å². The van der Waals surface area contributed by atoms with Crippen molar-refractivity contribution in [3.63, 3.8) is 0 Å². The molecule has 0 amide bonds. The van der Waals surface area contributed by atoms with E-state index in [1.807, 2.05) is 0 Å². The van der Waals surface area contributed by atoms with E-state index in [4.69, 9.17) is 5.11 Å². The molecule has 0 saturated heterocycles. The highest BCUT2D eigenvalue weighted by Gasteiger charge is 2.36. The largest absolute Gasteiger partial charge is 0.396 e. The third-order valence-corrected chi connectivity index (χ3v) is 4.36. The topological polar surface area (TPSA) is 50.9 Å². The normalized spacial score (nSPS) is 19.8. The Bertz CT molecular complexity index is 385. The molecule has 3 rings (SSSR count). The van der Waals surface area contributed by atoms with Crippen LogP contribution in [0.2, 0.25) is 0 Å². The van der Waals surface area contributed by atoms with Gasteiger partial charge in [0.15, 0.2) is 5.16 Å². The third kappa shape index (κ3) is 2.65. The highest BCUT2D eigenvalue weighted by Crippen LogP contribution is 2.45. The number of unbranched alkanes of at least 4 members (excludes halogenated alkanes) is 1. The SMILES string of the molecule is OCCCCSc1nnc(C2CC2)n1C1CC1. The van der Waals surface area contributed by atoms with Crippen LogP contribution in [0.1, 0.15) is 56.3 Å². The van der Waals surface area contributed by atoms with Crippen molar-refractivity contribution in [2.75, 3.05) is 12.4 Å². The summed E-state index contributed by atoms with van der Waals surface area (Å²) in [4.78, 5) is 0. The van der Waals surface area contributed by atoms with Crippen LogP contribution in [0.3, 0.4) is 0 Å². The molecular formula is C12H19N3OS. The minimum atomic E-state index is 0.295. The zero-order chi connectivity index (χ0) is 11.7. The predicted molar refractivity (Wildman–Crippen MR) is 67.3 cm³/mol. The second-order valence-electron chi connectivity index (χ2n) is 5.00. The van der Waals surface area contributed by atoms with Gasteiger partial charge in [0.1, 0.15) is 5.82 Å².